The first-order valence-electron chi connectivity index (χ1n) is 9.55. The average molecular weight is 489 g/mol. The number of carbonyl (C=O) groups is 2. The van der Waals surface area contributed by atoms with E-state index in [0.29, 0.717) is 39.5 Å². The Hall–Kier alpha value is -3.40. The lowest BCUT2D eigenvalue weighted by molar-refractivity contribution is -0.118. The van der Waals surface area contributed by atoms with Gasteiger partial charge >= 0.3 is 5.97 Å². The van der Waals surface area contributed by atoms with Crippen LogP contribution in [0.2, 0.25) is 0 Å². The molecule has 162 valence electrons. The van der Waals surface area contributed by atoms with Gasteiger partial charge in [0.25, 0.3) is 5.91 Å². The zero-order valence-electron chi connectivity index (χ0n) is 17.0. The maximum Gasteiger partial charge on any atom is 0.361 e. The second-order valence-electron chi connectivity index (χ2n) is 6.16. The quantitative estimate of drug-likeness (QED) is 0.439. The van der Waals surface area contributed by atoms with Crippen LogP contribution in [0.25, 0.3) is 11.3 Å². The normalized spacial score (nSPS) is 10.4. The highest BCUT2D eigenvalue weighted by Gasteiger charge is 2.23. The van der Waals surface area contributed by atoms with Gasteiger partial charge in [-0.2, -0.15) is 10.3 Å². The van der Waals surface area contributed by atoms with Gasteiger partial charge < -0.3 is 19.5 Å². The van der Waals surface area contributed by atoms with Crippen molar-refractivity contribution in [2.45, 2.75) is 13.8 Å². The van der Waals surface area contributed by atoms with Crippen molar-refractivity contribution in [3.8, 4) is 22.8 Å². The summed E-state index contributed by atoms with van der Waals surface area (Å²) >= 11 is 3.47. The zero-order chi connectivity index (χ0) is 22.2. The number of aromatic amines is 1. The predicted octanol–water partition coefficient (Wildman–Crippen LogP) is 3.83. The molecule has 0 fully saturated rings. The van der Waals surface area contributed by atoms with Crippen molar-refractivity contribution in [2.75, 3.05) is 25.1 Å². The minimum atomic E-state index is -0.589. The minimum Gasteiger partial charge on any atom is -0.490 e. The second-order valence-corrected chi connectivity index (χ2v) is 7.01. The number of aromatic nitrogens is 3. The number of anilines is 1. The van der Waals surface area contributed by atoms with E-state index in [-0.39, 0.29) is 24.8 Å². The van der Waals surface area contributed by atoms with E-state index in [1.165, 1.54) is 0 Å². The van der Waals surface area contributed by atoms with Crippen molar-refractivity contribution in [2.24, 2.45) is 0 Å². The number of carbonyl (C=O) groups excluding carboxylic acids is 2. The van der Waals surface area contributed by atoms with E-state index in [0.717, 1.165) is 0 Å². The number of H-pyrrole nitrogens is 1. The third kappa shape index (κ3) is 5.60. The van der Waals surface area contributed by atoms with Crippen LogP contribution in [0.1, 0.15) is 24.3 Å². The fourth-order valence-corrected chi connectivity index (χ4v) is 3.23. The molecule has 0 saturated heterocycles. The summed E-state index contributed by atoms with van der Waals surface area (Å²) in [5.74, 6) is -0.142. The molecule has 0 aliphatic heterocycles. The molecule has 2 N–H and O–H groups in total. The van der Waals surface area contributed by atoms with Crippen LogP contribution >= 0.6 is 15.9 Å². The smallest absolute Gasteiger partial charge is 0.361 e. The summed E-state index contributed by atoms with van der Waals surface area (Å²) in [6.45, 7) is 3.92. The van der Waals surface area contributed by atoms with E-state index >= 15 is 0 Å². The van der Waals surface area contributed by atoms with E-state index in [2.05, 4.69) is 36.7 Å². The van der Waals surface area contributed by atoms with Crippen LogP contribution in [-0.2, 0) is 9.53 Å². The molecule has 2 aromatic carbocycles. The van der Waals surface area contributed by atoms with Crippen molar-refractivity contribution >= 4 is 33.5 Å². The number of amides is 1. The van der Waals surface area contributed by atoms with Gasteiger partial charge in [-0.05, 0) is 54.0 Å². The fraction of sp³-hybridized carbons (Fsp3) is 0.238. The lowest BCUT2D eigenvalue weighted by atomic mass is 10.1. The largest absolute Gasteiger partial charge is 0.490 e. The third-order valence-electron chi connectivity index (χ3n) is 4.02. The molecule has 0 atom stereocenters. The highest BCUT2D eigenvalue weighted by atomic mass is 79.9. The summed E-state index contributed by atoms with van der Waals surface area (Å²) in [6, 6.07) is 12.4. The van der Waals surface area contributed by atoms with Crippen LogP contribution in [0.5, 0.6) is 11.5 Å². The van der Waals surface area contributed by atoms with E-state index in [1.807, 2.05) is 25.1 Å². The van der Waals surface area contributed by atoms with E-state index < -0.39 is 5.97 Å². The lowest BCUT2D eigenvalue weighted by Crippen LogP contribution is -2.20. The molecule has 31 heavy (non-hydrogen) atoms. The summed E-state index contributed by atoms with van der Waals surface area (Å²) < 4.78 is 17.0. The Morgan fingerprint density at radius 3 is 2.48 bits per heavy atom. The third-order valence-corrected chi connectivity index (χ3v) is 4.68. The number of para-hydroxylation sites is 1. The Kier molecular flexibility index (Phi) is 7.60. The first-order chi connectivity index (χ1) is 15.0. The topological polar surface area (TPSA) is 115 Å². The van der Waals surface area contributed by atoms with E-state index in [9.17, 15) is 9.59 Å². The standard InChI is InChI=1S/C21H21BrN4O5/c1-3-29-16-10-14(19-20(25-26-24-19)21(28)30-4-2)15(22)11-17(16)31-12-18(27)23-13-8-6-5-7-9-13/h5-11H,3-4,12H2,1-2H3,(H,23,27)(H,24,25,26). The van der Waals surface area contributed by atoms with Crippen LogP contribution in [0, 0.1) is 0 Å². The van der Waals surface area contributed by atoms with Crippen LogP contribution in [0.4, 0.5) is 5.69 Å². The molecule has 0 radical (unpaired) electrons. The Morgan fingerprint density at radius 1 is 1.03 bits per heavy atom. The first-order valence-corrected chi connectivity index (χ1v) is 10.3. The number of nitrogens with zero attached hydrogens (tertiary/aromatic N) is 2. The summed E-state index contributed by atoms with van der Waals surface area (Å²) in [5.41, 5.74) is 1.59. The molecular formula is C21H21BrN4O5. The molecule has 0 saturated carbocycles. The monoisotopic (exact) mass is 488 g/mol. The van der Waals surface area contributed by atoms with Crippen LogP contribution < -0.4 is 14.8 Å². The molecule has 3 aromatic rings. The average Bonchev–Trinajstić information content (AvgIpc) is 3.24. The van der Waals surface area contributed by atoms with Crippen LogP contribution in [0.15, 0.2) is 46.9 Å². The van der Waals surface area contributed by atoms with Gasteiger partial charge in [0.2, 0.25) is 0 Å². The molecule has 0 unspecified atom stereocenters. The summed E-state index contributed by atoms with van der Waals surface area (Å²) in [6.07, 6.45) is 0. The second kappa shape index (κ2) is 10.6. The van der Waals surface area contributed by atoms with Crippen molar-refractivity contribution in [3.63, 3.8) is 0 Å². The maximum absolute atomic E-state index is 12.2. The number of nitrogens with one attached hydrogen (secondary N) is 2. The predicted molar refractivity (Wildman–Crippen MR) is 117 cm³/mol. The van der Waals surface area contributed by atoms with E-state index in [4.69, 9.17) is 14.2 Å². The Labute approximate surface area is 187 Å². The number of hydrogen-bond acceptors (Lipinski definition) is 7. The van der Waals surface area contributed by atoms with Crippen molar-refractivity contribution in [1.82, 2.24) is 15.4 Å². The lowest BCUT2D eigenvalue weighted by Gasteiger charge is -2.14. The van der Waals surface area contributed by atoms with Gasteiger partial charge in [0.05, 0.1) is 13.2 Å². The van der Waals surface area contributed by atoms with Crippen molar-refractivity contribution in [1.29, 1.82) is 0 Å². The number of halogens is 1. The van der Waals surface area contributed by atoms with Gasteiger partial charge in [-0.3, -0.25) is 4.79 Å². The van der Waals surface area contributed by atoms with Crippen molar-refractivity contribution < 1.29 is 23.8 Å². The highest BCUT2D eigenvalue weighted by Crippen LogP contribution is 2.39. The van der Waals surface area contributed by atoms with Gasteiger partial charge in [0, 0.05) is 15.7 Å². The number of rotatable bonds is 9. The fourth-order valence-electron chi connectivity index (χ4n) is 2.72. The number of ether oxygens (including phenoxy) is 3. The molecule has 0 bridgehead atoms. The van der Waals surface area contributed by atoms with Gasteiger partial charge in [0.1, 0.15) is 5.69 Å². The summed E-state index contributed by atoms with van der Waals surface area (Å²) in [5, 5.41) is 13.2. The van der Waals surface area contributed by atoms with Gasteiger partial charge in [-0.15, -0.1) is 5.10 Å². The molecule has 0 aliphatic carbocycles. The number of esters is 1. The van der Waals surface area contributed by atoms with Gasteiger partial charge in [-0.1, -0.05) is 18.2 Å². The minimum absolute atomic E-state index is 0.0564. The molecule has 1 heterocycles. The molecular weight excluding hydrogens is 468 g/mol. The van der Waals surface area contributed by atoms with Crippen LogP contribution in [-0.4, -0.2) is 47.1 Å². The van der Waals surface area contributed by atoms with E-state index in [1.54, 1.807) is 31.2 Å². The molecule has 1 aromatic heterocycles. The molecule has 9 nitrogen and oxygen atoms in total. The molecule has 10 heteroatoms. The molecule has 3 rings (SSSR count). The number of hydrogen-bond donors (Lipinski definition) is 2. The Bertz CT molecular complexity index is 1060. The molecule has 0 aliphatic rings. The first kappa shape index (κ1) is 22.3. The number of benzene rings is 2. The molecule has 0 spiro atoms. The van der Waals surface area contributed by atoms with Gasteiger partial charge in [0.15, 0.2) is 23.8 Å². The SMILES string of the molecule is CCOC(=O)c1n[nH]nc1-c1cc(OCC)c(OCC(=O)Nc2ccccc2)cc1Br. The maximum atomic E-state index is 12.2. The Morgan fingerprint density at radius 2 is 1.77 bits per heavy atom. The summed E-state index contributed by atoms with van der Waals surface area (Å²) in [4.78, 5) is 24.4. The van der Waals surface area contributed by atoms with Crippen molar-refractivity contribution in [3.05, 3.63) is 52.6 Å². The summed E-state index contributed by atoms with van der Waals surface area (Å²) in [7, 11) is 0. The zero-order valence-corrected chi connectivity index (χ0v) is 18.6. The highest BCUT2D eigenvalue weighted by molar-refractivity contribution is 9.10. The van der Waals surface area contributed by atoms with Crippen LogP contribution in [0.3, 0.4) is 0 Å². The molecule has 1 amide bonds. The van der Waals surface area contributed by atoms with Gasteiger partial charge in [-0.25, -0.2) is 4.79 Å². The Balaban J connectivity index is 1.82.